The SMILES string of the molecule is Cc1nc(-c2cc(C(=N)N)sc2C)sc1C. The Morgan fingerprint density at radius 2 is 1.94 bits per heavy atom. The third-order valence-electron chi connectivity index (χ3n) is 2.44. The van der Waals surface area contributed by atoms with E-state index in [0.717, 1.165) is 21.1 Å². The maximum atomic E-state index is 7.43. The zero-order valence-electron chi connectivity index (χ0n) is 9.42. The van der Waals surface area contributed by atoms with Gasteiger partial charge in [-0.05, 0) is 26.8 Å². The third kappa shape index (κ3) is 1.88. The third-order valence-corrected chi connectivity index (χ3v) is 4.63. The summed E-state index contributed by atoms with van der Waals surface area (Å²) in [6.07, 6.45) is 0. The van der Waals surface area contributed by atoms with Crippen LogP contribution < -0.4 is 5.73 Å². The molecule has 0 saturated heterocycles. The smallest absolute Gasteiger partial charge is 0.133 e. The van der Waals surface area contributed by atoms with Crippen molar-refractivity contribution in [1.29, 1.82) is 5.41 Å². The molecule has 0 spiro atoms. The van der Waals surface area contributed by atoms with Gasteiger partial charge in [0.1, 0.15) is 10.8 Å². The molecule has 0 unspecified atom stereocenters. The molecule has 2 aromatic heterocycles. The van der Waals surface area contributed by atoms with Gasteiger partial charge in [-0.2, -0.15) is 0 Å². The molecule has 5 heteroatoms. The van der Waals surface area contributed by atoms with Crippen LogP contribution in [0.25, 0.3) is 10.6 Å². The maximum Gasteiger partial charge on any atom is 0.133 e. The molecule has 0 fully saturated rings. The number of thiazole rings is 1. The molecule has 0 saturated carbocycles. The number of aryl methyl sites for hydroxylation is 3. The highest BCUT2D eigenvalue weighted by atomic mass is 32.1. The minimum absolute atomic E-state index is 0.129. The van der Waals surface area contributed by atoms with E-state index < -0.39 is 0 Å². The zero-order valence-corrected chi connectivity index (χ0v) is 11.1. The van der Waals surface area contributed by atoms with Crippen LogP contribution in [0.5, 0.6) is 0 Å². The van der Waals surface area contributed by atoms with Crippen LogP contribution in [0.15, 0.2) is 6.07 Å². The fraction of sp³-hybridized carbons (Fsp3) is 0.273. The van der Waals surface area contributed by atoms with Gasteiger partial charge in [-0.1, -0.05) is 0 Å². The first-order chi connectivity index (χ1) is 7.49. The Kier molecular flexibility index (Phi) is 2.82. The summed E-state index contributed by atoms with van der Waals surface area (Å²) in [5.41, 5.74) is 7.67. The Bertz CT molecular complexity index is 532. The molecule has 2 heterocycles. The summed E-state index contributed by atoms with van der Waals surface area (Å²) in [6, 6.07) is 1.96. The molecule has 16 heavy (non-hydrogen) atoms. The monoisotopic (exact) mass is 251 g/mol. The molecule has 0 aliphatic heterocycles. The Morgan fingerprint density at radius 1 is 1.25 bits per heavy atom. The van der Waals surface area contributed by atoms with Crippen molar-refractivity contribution in [2.45, 2.75) is 20.8 Å². The first-order valence-corrected chi connectivity index (χ1v) is 6.51. The number of hydrogen-bond acceptors (Lipinski definition) is 4. The van der Waals surface area contributed by atoms with Gasteiger partial charge in [-0.25, -0.2) is 4.98 Å². The molecular weight excluding hydrogens is 238 g/mol. The van der Waals surface area contributed by atoms with Crippen LogP contribution in [-0.4, -0.2) is 10.8 Å². The second-order valence-corrected chi connectivity index (χ2v) is 6.11. The maximum absolute atomic E-state index is 7.43. The fourth-order valence-corrected chi connectivity index (χ4v) is 3.35. The van der Waals surface area contributed by atoms with E-state index in [-0.39, 0.29) is 5.84 Å². The van der Waals surface area contributed by atoms with Gasteiger partial charge >= 0.3 is 0 Å². The summed E-state index contributed by atoms with van der Waals surface area (Å²) >= 11 is 3.24. The lowest BCUT2D eigenvalue weighted by Crippen LogP contribution is -2.08. The van der Waals surface area contributed by atoms with E-state index in [4.69, 9.17) is 11.1 Å². The van der Waals surface area contributed by atoms with Crippen molar-refractivity contribution in [3.05, 3.63) is 26.4 Å². The van der Waals surface area contributed by atoms with E-state index in [0.29, 0.717) is 0 Å². The number of nitrogens with zero attached hydrogens (tertiary/aromatic N) is 1. The predicted molar refractivity (Wildman–Crippen MR) is 70.7 cm³/mol. The molecule has 0 radical (unpaired) electrons. The number of nitrogens with one attached hydrogen (secondary N) is 1. The predicted octanol–water partition coefficient (Wildman–Crippen LogP) is 3.08. The van der Waals surface area contributed by atoms with Crippen molar-refractivity contribution < 1.29 is 0 Å². The number of amidine groups is 1. The van der Waals surface area contributed by atoms with Gasteiger partial charge in [0.25, 0.3) is 0 Å². The lowest BCUT2D eigenvalue weighted by atomic mass is 10.2. The highest BCUT2D eigenvalue weighted by Crippen LogP contribution is 2.34. The van der Waals surface area contributed by atoms with Crippen molar-refractivity contribution in [1.82, 2.24) is 4.98 Å². The second-order valence-electron chi connectivity index (χ2n) is 3.65. The Labute approximate surface area is 102 Å². The van der Waals surface area contributed by atoms with E-state index in [1.54, 1.807) is 22.7 Å². The number of thiophene rings is 1. The first-order valence-electron chi connectivity index (χ1n) is 4.88. The van der Waals surface area contributed by atoms with Gasteiger partial charge in [-0.3, -0.25) is 5.41 Å². The van der Waals surface area contributed by atoms with Crippen molar-refractivity contribution in [2.75, 3.05) is 0 Å². The molecular formula is C11H13N3S2. The number of nitrogen functional groups attached to an aromatic ring is 1. The summed E-state index contributed by atoms with van der Waals surface area (Å²) in [7, 11) is 0. The van der Waals surface area contributed by atoms with Crippen molar-refractivity contribution in [2.24, 2.45) is 5.73 Å². The molecule has 0 aliphatic carbocycles. The number of hydrogen-bond donors (Lipinski definition) is 2. The van der Waals surface area contributed by atoms with Crippen LogP contribution in [0.4, 0.5) is 0 Å². The molecule has 2 rings (SSSR count). The molecule has 0 bridgehead atoms. The number of aromatic nitrogens is 1. The van der Waals surface area contributed by atoms with Gasteiger partial charge in [0.2, 0.25) is 0 Å². The average Bonchev–Trinajstić information content (AvgIpc) is 2.72. The van der Waals surface area contributed by atoms with Crippen LogP contribution in [0, 0.1) is 26.2 Å². The standard InChI is InChI=1S/C11H13N3S2/c1-5-6(2)16-11(14-5)8-4-9(10(12)13)15-7(8)3/h4H,1-3H3,(H3,12,13). The lowest BCUT2D eigenvalue weighted by Gasteiger charge is -1.91. The summed E-state index contributed by atoms with van der Waals surface area (Å²) in [4.78, 5) is 7.75. The summed E-state index contributed by atoms with van der Waals surface area (Å²) in [5, 5.41) is 8.45. The van der Waals surface area contributed by atoms with E-state index in [1.807, 2.05) is 19.9 Å². The number of nitrogens with two attached hydrogens (primary N) is 1. The van der Waals surface area contributed by atoms with Crippen LogP contribution in [0.2, 0.25) is 0 Å². The van der Waals surface area contributed by atoms with Gasteiger partial charge < -0.3 is 5.73 Å². The van der Waals surface area contributed by atoms with Gasteiger partial charge in [0.15, 0.2) is 0 Å². The van der Waals surface area contributed by atoms with Crippen LogP contribution in [0.3, 0.4) is 0 Å². The fourth-order valence-electron chi connectivity index (χ4n) is 1.42. The summed E-state index contributed by atoms with van der Waals surface area (Å²) in [5.74, 6) is 0.129. The van der Waals surface area contributed by atoms with E-state index in [2.05, 4.69) is 11.9 Å². The zero-order chi connectivity index (χ0) is 11.9. The minimum atomic E-state index is 0.129. The second kappa shape index (κ2) is 3.99. The lowest BCUT2D eigenvalue weighted by molar-refractivity contribution is 1.23. The average molecular weight is 251 g/mol. The van der Waals surface area contributed by atoms with Crippen molar-refractivity contribution in [3.8, 4) is 10.6 Å². The van der Waals surface area contributed by atoms with Gasteiger partial charge in [-0.15, -0.1) is 22.7 Å². The molecule has 0 amide bonds. The quantitative estimate of drug-likeness (QED) is 0.636. The normalized spacial score (nSPS) is 10.7. The molecule has 84 valence electrons. The molecule has 0 aliphatic rings. The topological polar surface area (TPSA) is 62.8 Å². The molecule has 0 aromatic carbocycles. The minimum Gasteiger partial charge on any atom is -0.383 e. The molecule has 2 aromatic rings. The van der Waals surface area contributed by atoms with Crippen LogP contribution in [-0.2, 0) is 0 Å². The molecule has 0 atom stereocenters. The van der Waals surface area contributed by atoms with Crippen LogP contribution >= 0.6 is 22.7 Å². The van der Waals surface area contributed by atoms with Gasteiger partial charge in [0, 0.05) is 15.3 Å². The van der Waals surface area contributed by atoms with E-state index in [9.17, 15) is 0 Å². The first kappa shape index (κ1) is 11.3. The van der Waals surface area contributed by atoms with Crippen LogP contribution in [0.1, 0.15) is 20.3 Å². The Hall–Kier alpha value is -1.20. The summed E-state index contributed by atoms with van der Waals surface area (Å²) in [6.45, 7) is 6.13. The highest BCUT2D eigenvalue weighted by Gasteiger charge is 2.13. The van der Waals surface area contributed by atoms with Crippen molar-refractivity contribution >= 4 is 28.5 Å². The summed E-state index contributed by atoms with van der Waals surface area (Å²) < 4.78 is 0. The van der Waals surface area contributed by atoms with E-state index in [1.165, 1.54) is 9.75 Å². The Balaban J connectivity index is 2.51. The number of rotatable bonds is 2. The van der Waals surface area contributed by atoms with Crippen molar-refractivity contribution in [3.63, 3.8) is 0 Å². The van der Waals surface area contributed by atoms with Gasteiger partial charge in [0.05, 0.1) is 10.6 Å². The molecule has 3 nitrogen and oxygen atoms in total. The Morgan fingerprint density at radius 3 is 2.38 bits per heavy atom. The van der Waals surface area contributed by atoms with E-state index >= 15 is 0 Å². The largest absolute Gasteiger partial charge is 0.383 e. The highest BCUT2D eigenvalue weighted by molar-refractivity contribution is 7.17. The molecule has 3 N–H and O–H groups in total.